The number of nitrogens with one attached hydrogen (secondary N) is 4. The Morgan fingerprint density at radius 2 is 1.89 bits per heavy atom. The maximum atomic E-state index is 12.2. The van der Waals surface area contributed by atoms with Gasteiger partial charge in [0.25, 0.3) is 11.8 Å². The van der Waals surface area contributed by atoms with Crippen molar-refractivity contribution in [1.29, 1.82) is 0 Å². The van der Waals surface area contributed by atoms with E-state index in [1.807, 2.05) is 6.92 Å². The van der Waals surface area contributed by atoms with Gasteiger partial charge in [-0.1, -0.05) is 6.07 Å². The smallest absolute Gasteiger partial charge is 0.321 e. The van der Waals surface area contributed by atoms with Crippen LogP contribution >= 0.6 is 0 Å². The van der Waals surface area contributed by atoms with Crippen LogP contribution in [0, 0.1) is 0 Å². The van der Waals surface area contributed by atoms with Gasteiger partial charge in [0.05, 0.1) is 26.5 Å². The van der Waals surface area contributed by atoms with Gasteiger partial charge in [-0.05, 0) is 31.2 Å². The summed E-state index contributed by atoms with van der Waals surface area (Å²) in [5.41, 5.74) is 0.613. The monoisotopic (exact) mass is 389 g/mol. The summed E-state index contributed by atoms with van der Waals surface area (Å²) in [6.45, 7) is 2.68. The van der Waals surface area contributed by atoms with E-state index < -0.39 is 11.9 Å². The number of benzene rings is 1. The van der Waals surface area contributed by atoms with Crippen molar-refractivity contribution in [3.05, 3.63) is 48.4 Å². The largest absolute Gasteiger partial charge is 0.497 e. The van der Waals surface area contributed by atoms with Crippen molar-refractivity contribution in [3.63, 3.8) is 0 Å². The number of urea groups is 1. The van der Waals surface area contributed by atoms with Gasteiger partial charge in [0.15, 0.2) is 13.1 Å². The maximum Gasteiger partial charge on any atom is 0.321 e. The summed E-state index contributed by atoms with van der Waals surface area (Å²) >= 11 is 0. The molecule has 4 amide bonds. The minimum absolute atomic E-state index is 0.00377. The van der Waals surface area contributed by atoms with Crippen molar-refractivity contribution in [1.82, 2.24) is 10.6 Å². The number of hydrogen-bond donors (Lipinski definition) is 4. The molecule has 0 spiro atoms. The number of furan rings is 1. The lowest BCUT2D eigenvalue weighted by Crippen LogP contribution is -3.14. The van der Waals surface area contributed by atoms with Gasteiger partial charge in [0, 0.05) is 11.8 Å². The molecular weight excluding hydrogens is 364 g/mol. The van der Waals surface area contributed by atoms with E-state index in [4.69, 9.17) is 9.15 Å². The number of likely N-dealkylation sites (N-methyl/N-ethyl adjacent to an activating group) is 1. The van der Waals surface area contributed by atoms with Crippen molar-refractivity contribution >= 4 is 23.5 Å². The second-order valence-corrected chi connectivity index (χ2v) is 6.05. The molecule has 0 aliphatic heterocycles. The number of quaternary nitrogens is 1. The highest BCUT2D eigenvalue weighted by atomic mass is 16.5. The minimum atomic E-state index is -0.613. The standard InChI is InChI=1S/C19H24N4O5/c1-3-23(12-17(24)21-14-6-4-7-15(10-14)27-2)13-18(25)22-19(26)20-11-16-8-5-9-28-16/h4-10H,3,11-13H2,1-2H3,(H,21,24)(H2,20,22,25,26)/p+1. The highest BCUT2D eigenvalue weighted by Crippen LogP contribution is 2.16. The molecule has 0 fully saturated rings. The molecule has 9 nitrogen and oxygen atoms in total. The normalized spacial score (nSPS) is 11.4. The Labute approximate surface area is 163 Å². The lowest BCUT2D eigenvalue weighted by Gasteiger charge is -2.17. The van der Waals surface area contributed by atoms with Crippen LogP contribution in [0.1, 0.15) is 12.7 Å². The van der Waals surface area contributed by atoms with Gasteiger partial charge in [0.1, 0.15) is 11.5 Å². The molecule has 4 N–H and O–H groups in total. The fourth-order valence-corrected chi connectivity index (χ4v) is 2.47. The van der Waals surface area contributed by atoms with E-state index in [0.717, 1.165) is 4.90 Å². The third-order valence-electron chi connectivity index (χ3n) is 3.93. The molecule has 1 aromatic carbocycles. The molecule has 1 heterocycles. The molecule has 2 rings (SSSR count). The van der Waals surface area contributed by atoms with E-state index in [9.17, 15) is 14.4 Å². The zero-order chi connectivity index (χ0) is 20.4. The summed E-state index contributed by atoms with van der Waals surface area (Å²) in [6.07, 6.45) is 1.50. The van der Waals surface area contributed by atoms with Gasteiger partial charge in [-0.15, -0.1) is 0 Å². The van der Waals surface area contributed by atoms with Crippen molar-refractivity contribution in [2.24, 2.45) is 0 Å². The predicted octanol–water partition coefficient (Wildman–Crippen LogP) is 0.158. The summed E-state index contributed by atoms with van der Waals surface area (Å²) in [5.74, 6) is 0.512. The minimum Gasteiger partial charge on any atom is -0.497 e. The quantitative estimate of drug-likeness (QED) is 0.488. The lowest BCUT2D eigenvalue weighted by molar-refractivity contribution is -0.881. The molecule has 0 saturated heterocycles. The SMILES string of the molecule is CC[NH+](CC(=O)NC(=O)NCc1ccco1)CC(=O)Nc1cccc(OC)c1. The number of rotatable bonds is 9. The fraction of sp³-hybridized carbons (Fsp3) is 0.316. The maximum absolute atomic E-state index is 12.2. The number of anilines is 1. The van der Waals surface area contributed by atoms with E-state index in [0.29, 0.717) is 23.7 Å². The molecule has 2 aromatic rings. The predicted molar refractivity (Wildman–Crippen MR) is 102 cm³/mol. The summed E-state index contributed by atoms with van der Waals surface area (Å²) in [5, 5.41) is 7.54. The zero-order valence-corrected chi connectivity index (χ0v) is 15.9. The summed E-state index contributed by atoms with van der Waals surface area (Å²) in [4.78, 5) is 36.7. The van der Waals surface area contributed by atoms with Crippen LogP contribution in [0.25, 0.3) is 0 Å². The van der Waals surface area contributed by atoms with Gasteiger partial charge >= 0.3 is 6.03 Å². The van der Waals surface area contributed by atoms with Crippen molar-refractivity contribution in [3.8, 4) is 5.75 Å². The first-order valence-corrected chi connectivity index (χ1v) is 8.87. The van der Waals surface area contributed by atoms with Gasteiger partial charge in [-0.3, -0.25) is 14.9 Å². The average Bonchev–Trinajstić information content (AvgIpc) is 3.19. The van der Waals surface area contributed by atoms with Crippen LogP contribution in [0.15, 0.2) is 47.1 Å². The van der Waals surface area contributed by atoms with Crippen LogP contribution in [-0.4, -0.2) is 44.6 Å². The Kier molecular flexibility index (Phi) is 8.04. The first-order valence-electron chi connectivity index (χ1n) is 8.87. The number of amides is 4. The first-order chi connectivity index (χ1) is 13.5. The van der Waals surface area contributed by atoms with Crippen molar-refractivity contribution in [2.75, 3.05) is 32.1 Å². The van der Waals surface area contributed by atoms with Gasteiger partial charge in [0.2, 0.25) is 0 Å². The summed E-state index contributed by atoms with van der Waals surface area (Å²) < 4.78 is 10.2. The van der Waals surface area contributed by atoms with E-state index in [-0.39, 0.29) is 25.5 Å². The van der Waals surface area contributed by atoms with E-state index >= 15 is 0 Å². The van der Waals surface area contributed by atoms with Gasteiger partial charge < -0.3 is 24.7 Å². The van der Waals surface area contributed by atoms with Crippen LogP contribution in [0.2, 0.25) is 0 Å². The molecule has 0 radical (unpaired) electrons. The number of hydrogen-bond acceptors (Lipinski definition) is 5. The van der Waals surface area contributed by atoms with Crippen LogP contribution in [0.3, 0.4) is 0 Å². The number of carbonyl (C=O) groups is 3. The number of ether oxygens (including phenoxy) is 1. The van der Waals surface area contributed by atoms with E-state index in [1.165, 1.54) is 6.26 Å². The van der Waals surface area contributed by atoms with E-state index in [2.05, 4.69) is 16.0 Å². The second-order valence-electron chi connectivity index (χ2n) is 6.05. The topological polar surface area (TPSA) is 114 Å². The van der Waals surface area contributed by atoms with Crippen LogP contribution < -0.4 is 25.6 Å². The highest BCUT2D eigenvalue weighted by Gasteiger charge is 2.18. The lowest BCUT2D eigenvalue weighted by atomic mass is 10.3. The third kappa shape index (κ3) is 7.12. The van der Waals surface area contributed by atoms with Crippen LogP contribution in [0.4, 0.5) is 10.5 Å². The van der Waals surface area contributed by atoms with Gasteiger partial charge in [-0.25, -0.2) is 4.79 Å². The van der Waals surface area contributed by atoms with E-state index in [1.54, 1.807) is 43.5 Å². The van der Waals surface area contributed by atoms with Crippen LogP contribution in [0.5, 0.6) is 5.75 Å². The number of imide groups is 1. The highest BCUT2D eigenvalue weighted by molar-refractivity contribution is 5.95. The Balaban J connectivity index is 1.76. The van der Waals surface area contributed by atoms with Gasteiger partial charge in [-0.2, -0.15) is 0 Å². The molecule has 28 heavy (non-hydrogen) atoms. The summed E-state index contributed by atoms with van der Waals surface area (Å²) in [6, 6.07) is 9.82. The zero-order valence-electron chi connectivity index (χ0n) is 15.9. The molecule has 9 heteroatoms. The average molecular weight is 389 g/mol. The van der Waals surface area contributed by atoms with Crippen molar-refractivity contribution in [2.45, 2.75) is 13.5 Å². The second kappa shape index (κ2) is 10.7. The molecule has 1 aromatic heterocycles. The first kappa shape index (κ1) is 21.0. The Hall–Kier alpha value is -3.33. The number of methoxy groups -OCH3 is 1. The third-order valence-corrected chi connectivity index (χ3v) is 3.93. The Bertz CT molecular complexity index is 791. The molecule has 1 unspecified atom stereocenters. The number of carbonyl (C=O) groups excluding carboxylic acids is 3. The molecular formula is C19H25N4O5+. The summed E-state index contributed by atoms with van der Waals surface area (Å²) in [7, 11) is 1.55. The molecule has 150 valence electrons. The molecule has 0 aliphatic carbocycles. The Morgan fingerprint density at radius 3 is 2.57 bits per heavy atom. The molecule has 0 aliphatic rings. The van der Waals surface area contributed by atoms with Crippen LogP contribution in [-0.2, 0) is 16.1 Å². The Morgan fingerprint density at radius 1 is 1.11 bits per heavy atom. The molecule has 1 atom stereocenters. The molecule has 0 bridgehead atoms. The molecule has 0 saturated carbocycles. The fourth-order valence-electron chi connectivity index (χ4n) is 2.47. The van der Waals surface area contributed by atoms with Crippen molar-refractivity contribution < 1.29 is 28.4 Å².